The third kappa shape index (κ3) is 2.56. The molecule has 2 heterocycles. The van der Waals surface area contributed by atoms with Crippen molar-refractivity contribution in [2.45, 2.75) is 12.5 Å². The summed E-state index contributed by atoms with van der Waals surface area (Å²) in [4.78, 5) is 8.26. The fraction of sp³-hybridized carbons (Fsp3) is 0.231. The van der Waals surface area contributed by atoms with Crippen LogP contribution in [0.3, 0.4) is 0 Å². The average Bonchev–Trinajstić information content (AvgIpc) is 2.39. The van der Waals surface area contributed by atoms with E-state index in [1.54, 1.807) is 0 Å². The molecule has 1 aliphatic heterocycles. The Bertz CT molecular complexity index is 616. The number of halogens is 3. The molecule has 1 atom stereocenters. The van der Waals surface area contributed by atoms with Crippen LogP contribution in [-0.2, 0) is 11.3 Å². The van der Waals surface area contributed by atoms with Crippen molar-refractivity contribution in [2.24, 2.45) is 0 Å². The molecule has 1 aromatic carbocycles. The molecule has 0 saturated heterocycles. The first-order chi connectivity index (χ1) is 9.15. The number of benzene rings is 1. The lowest BCUT2D eigenvalue weighted by atomic mass is 9.92. The van der Waals surface area contributed by atoms with E-state index < -0.39 is 0 Å². The molecule has 0 fully saturated rings. The van der Waals surface area contributed by atoms with Crippen molar-refractivity contribution in [2.75, 3.05) is 6.61 Å². The predicted molar refractivity (Wildman–Crippen MR) is 75.0 cm³/mol. The molecule has 0 N–H and O–H groups in total. The monoisotopic (exact) mass is 314 g/mol. The van der Waals surface area contributed by atoms with Crippen LogP contribution in [0, 0.1) is 0 Å². The highest BCUT2D eigenvalue weighted by Gasteiger charge is 2.27. The second-order valence-electron chi connectivity index (χ2n) is 4.27. The fourth-order valence-corrected chi connectivity index (χ4v) is 2.75. The van der Waals surface area contributed by atoms with Gasteiger partial charge in [-0.05, 0) is 29.3 Å². The molecule has 0 aliphatic carbocycles. The first-order valence-corrected chi connectivity index (χ1v) is 6.83. The molecule has 0 spiro atoms. The van der Waals surface area contributed by atoms with E-state index in [0.717, 1.165) is 16.8 Å². The van der Waals surface area contributed by atoms with Crippen LogP contribution in [0.2, 0.25) is 15.5 Å². The average molecular weight is 316 g/mol. The summed E-state index contributed by atoms with van der Waals surface area (Å²) in [6.45, 7) is 0.952. The molecule has 98 valence electrons. The highest BCUT2D eigenvalue weighted by atomic mass is 35.5. The molecule has 19 heavy (non-hydrogen) atoms. The summed E-state index contributed by atoms with van der Waals surface area (Å²) in [5, 5.41) is 1.21. The summed E-state index contributed by atoms with van der Waals surface area (Å²) in [6.07, 6.45) is 0. The van der Waals surface area contributed by atoms with E-state index >= 15 is 0 Å². The first-order valence-electron chi connectivity index (χ1n) is 5.70. The Morgan fingerprint density at radius 1 is 1.05 bits per heavy atom. The van der Waals surface area contributed by atoms with Crippen molar-refractivity contribution in [3.8, 4) is 0 Å². The van der Waals surface area contributed by atoms with E-state index in [9.17, 15) is 0 Å². The van der Waals surface area contributed by atoms with Crippen LogP contribution in [0.25, 0.3) is 0 Å². The van der Waals surface area contributed by atoms with Crippen LogP contribution in [0.5, 0.6) is 0 Å². The van der Waals surface area contributed by atoms with Crippen molar-refractivity contribution in [1.29, 1.82) is 0 Å². The quantitative estimate of drug-likeness (QED) is 0.587. The van der Waals surface area contributed by atoms with Gasteiger partial charge in [-0.3, -0.25) is 0 Å². The number of hydrogen-bond acceptors (Lipinski definition) is 3. The van der Waals surface area contributed by atoms with Gasteiger partial charge in [-0.15, -0.1) is 0 Å². The maximum atomic E-state index is 6.09. The number of ether oxygens (including phenoxy) is 1. The summed E-state index contributed by atoms with van der Waals surface area (Å²) in [5.41, 5.74) is 2.70. The molecular formula is C13H9Cl3N2O. The maximum Gasteiger partial charge on any atom is 0.224 e. The standard InChI is InChI=1S/C13H9Cl3N2O/c14-8-3-1-7(2-4-8)9-5-19-6-10-11(9)17-13(16)18-12(10)15/h1-4,9H,5-6H2. The van der Waals surface area contributed by atoms with Crippen LogP contribution < -0.4 is 0 Å². The Hall–Kier alpha value is -0.870. The molecular weight excluding hydrogens is 307 g/mol. The summed E-state index contributed by atoms with van der Waals surface area (Å²) < 4.78 is 5.57. The largest absolute Gasteiger partial charge is 0.376 e. The van der Waals surface area contributed by atoms with Gasteiger partial charge in [0, 0.05) is 10.6 Å². The maximum absolute atomic E-state index is 6.09. The Labute approximate surface area is 125 Å². The lowest BCUT2D eigenvalue weighted by Gasteiger charge is -2.25. The Morgan fingerprint density at radius 2 is 1.79 bits per heavy atom. The second-order valence-corrected chi connectivity index (χ2v) is 5.40. The molecule has 0 radical (unpaired) electrons. The summed E-state index contributed by atoms with van der Waals surface area (Å²) in [6, 6.07) is 7.59. The van der Waals surface area contributed by atoms with E-state index in [-0.39, 0.29) is 11.2 Å². The predicted octanol–water partition coefficient (Wildman–Crippen LogP) is 4.10. The van der Waals surface area contributed by atoms with E-state index in [0.29, 0.717) is 23.4 Å². The van der Waals surface area contributed by atoms with E-state index in [1.165, 1.54) is 0 Å². The van der Waals surface area contributed by atoms with Crippen LogP contribution >= 0.6 is 34.8 Å². The van der Waals surface area contributed by atoms with E-state index in [4.69, 9.17) is 39.5 Å². The topological polar surface area (TPSA) is 35.0 Å². The van der Waals surface area contributed by atoms with Gasteiger partial charge in [-0.25, -0.2) is 9.97 Å². The molecule has 1 unspecified atom stereocenters. The molecule has 0 saturated carbocycles. The third-order valence-corrected chi connectivity index (χ3v) is 3.83. The van der Waals surface area contributed by atoms with Crippen molar-refractivity contribution in [1.82, 2.24) is 9.97 Å². The Morgan fingerprint density at radius 3 is 2.53 bits per heavy atom. The van der Waals surface area contributed by atoms with Gasteiger partial charge in [0.2, 0.25) is 5.28 Å². The molecule has 6 heteroatoms. The first kappa shape index (κ1) is 13.1. The van der Waals surface area contributed by atoms with Gasteiger partial charge in [0.25, 0.3) is 0 Å². The molecule has 1 aromatic heterocycles. The van der Waals surface area contributed by atoms with Crippen molar-refractivity contribution in [3.63, 3.8) is 0 Å². The van der Waals surface area contributed by atoms with Gasteiger partial charge in [-0.1, -0.05) is 35.3 Å². The molecule has 3 rings (SSSR count). The van der Waals surface area contributed by atoms with Crippen LogP contribution in [0.4, 0.5) is 0 Å². The van der Waals surface area contributed by atoms with E-state index in [2.05, 4.69) is 9.97 Å². The van der Waals surface area contributed by atoms with Crippen LogP contribution in [-0.4, -0.2) is 16.6 Å². The lowest BCUT2D eigenvalue weighted by molar-refractivity contribution is 0.0973. The van der Waals surface area contributed by atoms with Gasteiger partial charge in [0.05, 0.1) is 24.8 Å². The number of rotatable bonds is 1. The molecule has 2 aromatic rings. The molecule has 1 aliphatic rings. The third-order valence-electron chi connectivity index (χ3n) is 3.09. The summed E-state index contributed by atoms with van der Waals surface area (Å²) in [7, 11) is 0. The minimum Gasteiger partial charge on any atom is -0.376 e. The number of nitrogens with zero attached hydrogens (tertiary/aromatic N) is 2. The minimum absolute atomic E-state index is 0.000910. The molecule has 0 amide bonds. The zero-order valence-electron chi connectivity index (χ0n) is 9.74. The van der Waals surface area contributed by atoms with Gasteiger partial charge in [-0.2, -0.15) is 0 Å². The smallest absolute Gasteiger partial charge is 0.224 e. The van der Waals surface area contributed by atoms with Gasteiger partial charge < -0.3 is 4.74 Å². The summed E-state index contributed by atoms with van der Waals surface area (Å²) in [5.74, 6) is -0.000910. The lowest BCUT2D eigenvalue weighted by Crippen LogP contribution is -2.20. The number of aromatic nitrogens is 2. The highest BCUT2D eigenvalue weighted by Crippen LogP contribution is 2.34. The molecule has 3 nitrogen and oxygen atoms in total. The van der Waals surface area contributed by atoms with Gasteiger partial charge >= 0.3 is 0 Å². The van der Waals surface area contributed by atoms with Gasteiger partial charge in [0.1, 0.15) is 5.15 Å². The fourth-order valence-electron chi connectivity index (χ4n) is 2.17. The Kier molecular flexibility index (Phi) is 3.63. The molecule has 0 bridgehead atoms. The van der Waals surface area contributed by atoms with Gasteiger partial charge in [0.15, 0.2) is 0 Å². The summed E-state index contributed by atoms with van der Waals surface area (Å²) >= 11 is 17.9. The minimum atomic E-state index is -0.000910. The number of hydrogen-bond donors (Lipinski definition) is 0. The van der Waals surface area contributed by atoms with Crippen molar-refractivity contribution >= 4 is 34.8 Å². The second kappa shape index (κ2) is 5.25. The normalized spacial score (nSPS) is 18.2. The van der Waals surface area contributed by atoms with Crippen molar-refractivity contribution in [3.05, 3.63) is 56.5 Å². The highest BCUT2D eigenvalue weighted by molar-refractivity contribution is 6.32. The van der Waals surface area contributed by atoms with Crippen molar-refractivity contribution < 1.29 is 4.74 Å². The van der Waals surface area contributed by atoms with Crippen LogP contribution in [0.1, 0.15) is 22.7 Å². The van der Waals surface area contributed by atoms with Crippen LogP contribution in [0.15, 0.2) is 24.3 Å². The van der Waals surface area contributed by atoms with E-state index in [1.807, 2.05) is 24.3 Å². The zero-order chi connectivity index (χ0) is 13.4. The number of fused-ring (bicyclic) bond motifs is 1. The zero-order valence-corrected chi connectivity index (χ0v) is 12.0. The SMILES string of the molecule is Clc1ccc(C2COCc3c(Cl)nc(Cl)nc32)cc1. The Balaban J connectivity index is 2.09.